The molecule has 0 N–H and O–H groups in total. The van der Waals surface area contributed by atoms with E-state index in [-0.39, 0.29) is 11.5 Å². The van der Waals surface area contributed by atoms with Crippen molar-refractivity contribution in [2.45, 2.75) is 66.4 Å². The Balaban J connectivity index is 1.48. The topological polar surface area (TPSA) is 18.5 Å². The van der Waals surface area contributed by atoms with Crippen LogP contribution in [0.2, 0.25) is 0 Å². The van der Waals surface area contributed by atoms with Crippen molar-refractivity contribution in [2.24, 2.45) is 10.8 Å². The van der Waals surface area contributed by atoms with Crippen molar-refractivity contribution in [1.82, 2.24) is 0 Å². The first-order valence-electron chi connectivity index (χ1n) is 10.2. The molecule has 2 nitrogen and oxygen atoms in total. The first-order valence-corrected chi connectivity index (χ1v) is 10.2. The summed E-state index contributed by atoms with van der Waals surface area (Å²) in [5, 5.41) is 0. The number of hydrogen-bond acceptors (Lipinski definition) is 2. The molecule has 0 saturated carbocycles. The number of benzene rings is 2. The van der Waals surface area contributed by atoms with Crippen molar-refractivity contribution in [3.05, 3.63) is 58.7 Å². The predicted molar refractivity (Wildman–Crippen MR) is 111 cm³/mol. The lowest BCUT2D eigenvalue weighted by Gasteiger charge is -2.31. The van der Waals surface area contributed by atoms with Crippen molar-refractivity contribution in [3.63, 3.8) is 0 Å². The molecule has 1 unspecified atom stereocenters. The minimum atomic E-state index is 0.0803. The zero-order valence-corrected chi connectivity index (χ0v) is 17.4. The van der Waals surface area contributed by atoms with Gasteiger partial charge in [-0.1, -0.05) is 58.9 Å². The third-order valence-corrected chi connectivity index (χ3v) is 5.82. The molecule has 27 heavy (non-hydrogen) atoms. The second kappa shape index (κ2) is 6.58. The Morgan fingerprint density at radius 3 is 2.26 bits per heavy atom. The minimum Gasteiger partial charge on any atom is -0.493 e. The van der Waals surface area contributed by atoms with Gasteiger partial charge in [0.15, 0.2) is 0 Å². The molecule has 0 aliphatic carbocycles. The van der Waals surface area contributed by atoms with Crippen LogP contribution in [0.15, 0.2) is 36.4 Å². The fraction of sp³-hybridized carbons (Fsp3) is 0.520. The SMILES string of the molecule is CC(C)(C)Cc1ccc2c(c1)CC(C(C)(C)Cc1ccc3c(c1)CCO3)O2. The quantitative estimate of drug-likeness (QED) is 0.684. The first kappa shape index (κ1) is 18.4. The molecule has 0 spiro atoms. The summed E-state index contributed by atoms with van der Waals surface area (Å²) in [4.78, 5) is 0. The highest BCUT2D eigenvalue weighted by Crippen LogP contribution is 2.40. The molecule has 0 amide bonds. The highest BCUT2D eigenvalue weighted by atomic mass is 16.5. The van der Waals surface area contributed by atoms with Crippen LogP contribution in [0.4, 0.5) is 0 Å². The van der Waals surface area contributed by atoms with E-state index in [2.05, 4.69) is 71.0 Å². The normalized spacial score (nSPS) is 18.6. The molecule has 0 saturated heterocycles. The van der Waals surface area contributed by atoms with E-state index in [0.29, 0.717) is 5.41 Å². The molecule has 0 fully saturated rings. The second-order valence-electron chi connectivity index (χ2n) is 10.2. The summed E-state index contributed by atoms with van der Waals surface area (Å²) in [7, 11) is 0. The zero-order chi connectivity index (χ0) is 19.2. The highest BCUT2D eigenvalue weighted by Gasteiger charge is 2.37. The molecule has 2 aliphatic rings. The van der Waals surface area contributed by atoms with Gasteiger partial charge in [-0.15, -0.1) is 0 Å². The van der Waals surface area contributed by atoms with Gasteiger partial charge in [0.2, 0.25) is 0 Å². The lowest BCUT2D eigenvalue weighted by atomic mass is 9.78. The molecule has 0 radical (unpaired) electrons. The van der Waals surface area contributed by atoms with E-state index < -0.39 is 0 Å². The fourth-order valence-corrected chi connectivity index (χ4v) is 4.45. The molecule has 2 heterocycles. The van der Waals surface area contributed by atoms with E-state index in [9.17, 15) is 0 Å². The predicted octanol–water partition coefficient (Wildman–Crippen LogP) is 5.78. The Morgan fingerprint density at radius 1 is 0.852 bits per heavy atom. The summed E-state index contributed by atoms with van der Waals surface area (Å²) in [6.45, 7) is 12.4. The van der Waals surface area contributed by atoms with Crippen LogP contribution in [0.1, 0.15) is 56.9 Å². The van der Waals surface area contributed by atoms with E-state index in [4.69, 9.17) is 9.47 Å². The molecule has 2 heteroatoms. The standard InChI is InChI=1S/C25H32O2/c1-24(2,3)15-17-7-9-22-20(13-17)14-23(27-22)25(4,5)16-18-6-8-21-19(12-18)10-11-26-21/h6-9,12-13,23H,10-11,14-16H2,1-5H3. The van der Waals surface area contributed by atoms with E-state index in [1.54, 1.807) is 0 Å². The Labute approximate surface area is 163 Å². The molecular formula is C25H32O2. The Morgan fingerprint density at radius 2 is 1.52 bits per heavy atom. The van der Waals surface area contributed by atoms with Crippen LogP contribution in [0.3, 0.4) is 0 Å². The lowest BCUT2D eigenvalue weighted by molar-refractivity contribution is 0.0935. The lowest BCUT2D eigenvalue weighted by Crippen LogP contribution is -2.35. The first-order chi connectivity index (χ1) is 12.7. The van der Waals surface area contributed by atoms with Gasteiger partial charge in [-0.3, -0.25) is 0 Å². The average Bonchev–Trinajstić information content (AvgIpc) is 3.18. The van der Waals surface area contributed by atoms with Crippen LogP contribution in [0.5, 0.6) is 11.5 Å². The van der Waals surface area contributed by atoms with Gasteiger partial charge in [0.25, 0.3) is 0 Å². The molecular weight excluding hydrogens is 332 g/mol. The van der Waals surface area contributed by atoms with Crippen molar-refractivity contribution in [1.29, 1.82) is 0 Å². The third-order valence-electron chi connectivity index (χ3n) is 5.82. The van der Waals surface area contributed by atoms with Gasteiger partial charge in [0.05, 0.1) is 6.61 Å². The summed E-state index contributed by atoms with van der Waals surface area (Å²) in [6.07, 6.45) is 4.39. The summed E-state index contributed by atoms with van der Waals surface area (Å²) in [5.41, 5.74) is 5.92. The third kappa shape index (κ3) is 4.00. The number of hydrogen-bond donors (Lipinski definition) is 0. The monoisotopic (exact) mass is 364 g/mol. The summed E-state index contributed by atoms with van der Waals surface area (Å²) < 4.78 is 12.0. The van der Waals surface area contributed by atoms with Gasteiger partial charge < -0.3 is 9.47 Å². The van der Waals surface area contributed by atoms with Crippen LogP contribution in [0.25, 0.3) is 0 Å². The van der Waals surface area contributed by atoms with Crippen LogP contribution in [0, 0.1) is 10.8 Å². The Kier molecular flexibility index (Phi) is 4.49. The van der Waals surface area contributed by atoms with Gasteiger partial charge in [0, 0.05) is 18.3 Å². The molecule has 1 atom stereocenters. The largest absolute Gasteiger partial charge is 0.493 e. The van der Waals surface area contributed by atoms with Crippen molar-refractivity contribution in [2.75, 3.05) is 6.61 Å². The maximum absolute atomic E-state index is 6.40. The van der Waals surface area contributed by atoms with E-state index in [0.717, 1.165) is 43.8 Å². The summed E-state index contributed by atoms with van der Waals surface area (Å²) in [6, 6.07) is 13.5. The van der Waals surface area contributed by atoms with Gasteiger partial charge in [-0.2, -0.15) is 0 Å². The summed E-state index contributed by atoms with van der Waals surface area (Å²) in [5.74, 6) is 2.14. The molecule has 4 rings (SSSR count). The van der Waals surface area contributed by atoms with Crippen LogP contribution in [-0.2, 0) is 25.7 Å². The van der Waals surface area contributed by atoms with Gasteiger partial charge in [-0.25, -0.2) is 0 Å². The van der Waals surface area contributed by atoms with E-state index >= 15 is 0 Å². The second-order valence-corrected chi connectivity index (χ2v) is 10.2. The summed E-state index contributed by atoms with van der Waals surface area (Å²) >= 11 is 0. The smallest absolute Gasteiger partial charge is 0.123 e. The molecule has 2 aromatic rings. The average molecular weight is 365 g/mol. The van der Waals surface area contributed by atoms with E-state index in [1.165, 1.54) is 22.3 Å². The number of fused-ring (bicyclic) bond motifs is 2. The molecule has 144 valence electrons. The van der Waals surface area contributed by atoms with Gasteiger partial charge in [0.1, 0.15) is 17.6 Å². The van der Waals surface area contributed by atoms with Crippen LogP contribution < -0.4 is 9.47 Å². The van der Waals surface area contributed by atoms with Gasteiger partial charge in [-0.05, 0) is 52.6 Å². The maximum Gasteiger partial charge on any atom is 0.123 e. The molecule has 2 aliphatic heterocycles. The van der Waals surface area contributed by atoms with Crippen molar-refractivity contribution < 1.29 is 9.47 Å². The van der Waals surface area contributed by atoms with E-state index in [1.807, 2.05) is 0 Å². The van der Waals surface area contributed by atoms with Crippen LogP contribution >= 0.6 is 0 Å². The minimum absolute atomic E-state index is 0.0803. The zero-order valence-electron chi connectivity index (χ0n) is 17.4. The molecule has 2 aromatic carbocycles. The molecule has 0 aromatic heterocycles. The number of rotatable bonds is 4. The number of ether oxygens (including phenoxy) is 2. The fourth-order valence-electron chi connectivity index (χ4n) is 4.45. The highest BCUT2D eigenvalue weighted by molar-refractivity contribution is 5.42. The Hall–Kier alpha value is -1.96. The maximum atomic E-state index is 6.40. The van der Waals surface area contributed by atoms with Crippen LogP contribution in [-0.4, -0.2) is 12.7 Å². The van der Waals surface area contributed by atoms with Crippen molar-refractivity contribution in [3.8, 4) is 11.5 Å². The Bertz CT molecular complexity index is 842. The molecule has 0 bridgehead atoms. The van der Waals surface area contributed by atoms with Gasteiger partial charge >= 0.3 is 0 Å². The van der Waals surface area contributed by atoms with Crippen molar-refractivity contribution >= 4 is 0 Å².